The minimum absolute atomic E-state index is 1.17. The molecule has 0 amide bonds. The van der Waals surface area contributed by atoms with Crippen LogP contribution in [0.3, 0.4) is 0 Å². The standard InChI is InChI=1S/C17H14/c1-3-13-5-7-15-10-14-6-4-12(2)8-16(14)11-17(15)9-13/h3-11H,1H2,2H3. The molecular formula is C17H14. The van der Waals surface area contributed by atoms with E-state index < -0.39 is 0 Å². The van der Waals surface area contributed by atoms with Gasteiger partial charge in [0.2, 0.25) is 0 Å². The van der Waals surface area contributed by atoms with Gasteiger partial charge >= 0.3 is 0 Å². The Morgan fingerprint density at radius 1 is 0.765 bits per heavy atom. The maximum absolute atomic E-state index is 3.81. The summed E-state index contributed by atoms with van der Waals surface area (Å²) in [6.45, 7) is 5.94. The summed E-state index contributed by atoms with van der Waals surface area (Å²) in [5, 5.41) is 5.17. The lowest BCUT2D eigenvalue weighted by molar-refractivity contribution is 1.51. The molecule has 82 valence electrons. The topological polar surface area (TPSA) is 0 Å². The molecule has 0 heterocycles. The molecule has 0 aliphatic carbocycles. The third-order valence-electron chi connectivity index (χ3n) is 3.21. The van der Waals surface area contributed by atoms with Crippen molar-refractivity contribution in [3.05, 3.63) is 66.2 Å². The average Bonchev–Trinajstić information content (AvgIpc) is 2.35. The van der Waals surface area contributed by atoms with Gasteiger partial charge in [-0.25, -0.2) is 0 Å². The third kappa shape index (κ3) is 1.72. The van der Waals surface area contributed by atoms with E-state index in [0.29, 0.717) is 0 Å². The summed E-state index contributed by atoms with van der Waals surface area (Å²) in [5.41, 5.74) is 2.47. The van der Waals surface area contributed by atoms with E-state index in [1.54, 1.807) is 0 Å². The van der Waals surface area contributed by atoms with Crippen LogP contribution in [0, 0.1) is 6.92 Å². The molecule has 0 saturated heterocycles. The molecule has 3 rings (SSSR count). The predicted molar refractivity (Wildman–Crippen MR) is 76.3 cm³/mol. The van der Waals surface area contributed by atoms with Crippen LogP contribution >= 0.6 is 0 Å². The summed E-state index contributed by atoms with van der Waals surface area (Å²) in [5.74, 6) is 0. The zero-order chi connectivity index (χ0) is 11.8. The molecule has 0 unspecified atom stereocenters. The van der Waals surface area contributed by atoms with Crippen LogP contribution < -0.4 is 0 Å². The smallest absolute Gasteiger partial charge is 0.0172 e. The molecule has 0 aliphatic rings. The van der Waals surface area contributed by atoms with Crippen LogP contribution in [0.15, 0.2) is 55.1 Å². The molecule has 0 aromatic heterocycles. The van der Waals surface area contributed by atoms with Gasteiger partial charge in [0.05, 0.1) is 0 Å². The van der Waals surface area contributed by atoms with Gasteiger partial charge in [-0.1, -0.05) is 48.6 Å². The van der Waals surface area contributed by atoms with Crippen molar-refractivity contribution in [2.75, 3.05) is 0 Å². The van der Waals surface area contributed by atoms with E-state index in [1.807, 2.05) is 6.08 Å². The van der Waals surface area contributed by atoms with Gasteiger partial charge in [0.25, 0.3) is 0 Å². The first-order valence-corrected chi connectivity index (χ1v) is 5.83. The van der Waals surface area contributed by atoms with Crippen molar-refractivity contribution >= 4 is 27.6 Å². The molecule has 0 saturated carbocycles. The van der Waals surface area contributed by atoms with E-state index in [9.17, 15) is 0 Å². The second kappa shape index (κ2) is 3.74. The van der Waals surface area contributed by atoms with Crippen molar-refractivity contribution < 1.29 is 0 Å². The molecule has 0 heteroatoms. The maximum atomic E-state index is 3.81. The molecule has 17 heavy (non-hydrogen) atoms. The number of aryl methyl sites for hydroxylation is 1. The minimum atomic E-state index is 1.17. The molecule has 0 bridgehead atoms. The van der Waals surface area contributed by atoms with Crippen molar-refractivity contribution in [2.24, 2.45) is 0 Å². The fraction of sp³-hybridized carbons (Fsp3) is 0.0588. The lowest BCUT2D eigenvalue weighted by Crippen LogP contribution is -1.79. The highest BCUT2D eigenvalue weighted by Crippen LogP contribution is 2.24. The largest absolute Gasteiger partial charge is 0.0985 e. The molecule has 0 atom stereocenters. The number of rotatable bonds is 1. The van der Waals surface area contributed by atoms with Gasteiger partial charge in [-0.05, 0) is 52.2 Å². The average molecular weight is 218 g/mol. The van der Waals surface area contributed by atoms with Crippen molar-refractivity contribution in [3.8, 4) is 0 Å². The van der Waals surface area contributed by atoms with Gasteiger partial charge in [0, 0.05) is 0 Å². The first kappa shape index (κ1) is 10.1. The van der Waals surface area contributed by atoms with E-state index in [0.717, 1.165) is 0 Å². The lowest BCUT2D eigenvalue weighted by atomic mass is 10.0. The van der Waals surface area contributed by atoms with Crippen LogP contribution in [-0.4, -0.2) is 0 Å². The Balaban J connectivity index is 2.39. The summed E-state index contributed by atoms with van der Waals surface area (Å²) >= 11 is 0. The molecule has 0 N–H and O–H groups in total. The number of hydrogen-bond donors (Lipinski definition) is 0. The van der Waals surface area contributed by atoms with E-state index >= 15 is 0 Å². The molecule has 3 aromatic rings. The fourth-order valence-electron chi connectivity index (χ4n) is 2.26. The monoisotopic (exact) mass is 218 g/mol. The van der Waals surface area contributed by atoms with Crippen LogP contribution in [0.4, 0.5) is 0 Å². The van der Waals surface area contributed by atoms with Crippen LogP contribution in [0.5, 0.6) is 0 Å². The molecule has 0 aliphatic heterocycles. The second-order valence-corrected chi connectivity index (χ2v) is 4.51. The zero-order valence-electron chi connectivity index (χ0n) is 9.90. The van der Waals surface area contributed by atoms with Gasteiger partial charge < -0.3 is 0 Å². The normalized spacial score (nSPS) is 10.9. The number of fused-ring (bicyclic) bond motifs is 2. The van der Waals surface area contributed by atoms with Crippen LogP contribution in [0.1, 0.15) is 11.1 Å². The van der Waals surface area contributed by atoms with E-state index in [4.69, 9.17) is 0 Å². The Labute approximate surface area is 101 Å². The Morgan fingerprint density at radius 3 is 2.18 bits per heavy atom. The highest BCUT2D eigenvalue weighted by Gasteiger charge is 1.99. The molecule has 0 radical (unpaired) electrons. The zero-order valence-corrected chi connectivity index (χ0v) is 9.90. The first-order chi connectivity index (χ1) is 8.26. The van der Waals surface area contributed by atoms with Crippen LogP contribution in [-0.2, 0) is 0 Å². The highest BCUT2D eigenvalue weighted by atomic mass is 14.0. The maximum Gasteiger partial charge on any atom is -0.0172 e. The van der Waals surface area contributed by atoms with Gasteiger partial charge in [-0.3, -0.25) is 0 Å². The lowest BCUT2D eigenvalue weighted by Gasteiger charge is -2.04. The number of benzene rings is 3. The quantitative estimate of drug-likeness (QED) is 0.507. The van der Waals surface area contributed by atoms with Gasteiger partial charge in [-0.2, -0.15) is 0 Å². The Hall–Kier alpha value is -2.08. The SMILES string of the molecule is C=Cc1ccc2cc3ccc(C)cc3cc2c1. The second-order valence-electron chi connectivity index (χ2n) is 4.51. The van der Waals surface area contributed by atoms with Gasteiger partial charge in [-0.15, -0.1) is 0 Å². The molecule has 3 aromatic carbocycles. The van der Waals surface area contributed by atoms with Gasteiger partial charge in [0.1, 0.15) is 0 Å². The van der Waals surface area contributed by atoms with Crippen molar-refractivity contribution in [1.29, 1.82) is 0 Å². The first-order valence-electron chi connectivity index (χ1n) is 5.83. The number of hydrogen-bond acceptors (Lipinski definition) is 0. The Kier molecular flexibility index (Phi) is 2.22. The Morgan fingerprint density at radius 2 is 1.41 bits per heavy atom. The molecule has 0 fully saturated rings. The third-order valence-corrected chi connectivity index (χ3v) is 3.21. The fourth-order valence-corrected chi connectivity index (χ4v) is 2.26. The van der Waals surface area contributed by atoms with Crippen LogP contribution in [0.2, 0.25) is 0 Å². The summed E-state index contributed by atoms with van der Waals surface area (Å²) in [6.07, 6.45) is 1.89. The summed E-state index contributed by atoms with van der Waals surface area (Å²) in [4.78, 5) is 0. The Bertz CT molecular complexity index is 721. The molecular weight excluding hydrogens is 204 g/mol. The predicted octanol–water partition coefficient (Wildman–Crippen LogP) is 4.94. The van der Waals surface area contributed by atoms with Crippen molar-refractivity contribution in [1.82, 2.24) is 0 Å². The van der Waals surface area contributed by atoms with E-state index in [1.165, 1.54) is 32.7 Å². The van der Waals surface area contributed by atoms with Crippen molar-refractivity contribution in [2.45, 2.75) is 6.92 Å². The van der Waals surface area contributed by atoms with Crippen molar-refractivity contribution in [3.63, 3.8) is 0 Å². The molecule has 0 spiro atoms. The summed E-state index contributed by atoms with van der Waals surface area (Å²) in [6, 6.07) is 17.5. The minimum Gasteiger partial charge on any atom is -0.0985 e. The van der Waals surface area contributed by atoms with Crippen LogP contribution in [0.25, 0.3) is 27.6 Å². The summed E-state index contributed by atoms with van der Waals surface area (Å²) in [7, 11) is 0. The van der Waals surface area contributed by atoms with E-state index in [-0.39, 0.29) is 0 Å². The summed E-state index contributed by atoms with van der Waals surface area (Å²) < 4.78 is 0. The highest BCUT2D eigenvalue weighted by molar-refractivity contribution is 5.99. The molecule has 0 nitrogen and oxygen atoms in total. The van der Waals surface area contributed by atoms with Gasteiger partial charge in [0.15, 0.2) is 0 Å². The van der Waals surface area contributed by atoms with E-state index in [2.05, 4.69) is 62.0 Å².